The van der Waals surface area contributed by atoms with Gasteiger partial charge in [0.15, 0.2) is 0 Å². The number of hydrogen-bond acceptors (Lipinski definition) is 3. The molecule has 0 saturated carbocycles. The number of nitrogens with two attached hydrogens (primary N) is 1. The Morgan fingerprint density at radius 1 is 1.21 bits per heavy atom. The van der Waals surface area contributed by atoms with Crippen LogP contribution >= 0.6 is 11.3 Å². The highest BCUT2D eigenvalue weighted by Crippen LogP contribution is 2.30. The van der Waals surface area contributed by atoms with Crippen molar-refractivity contribution in [1.29, 1.82) is 0 Å². The van der Waals surface area contributed by atoms with Crippen molar-refractivity contribution in [2.24, 2.45) is 5.73 Å². The molecule has 2 rings (SSSR count). The van der Waals surface area contributed by atoms with E-state index in [2.05, 4.69) is 49.7 Å². The number of benzene rings is 1. The number of ether oxygens (including phenoxy) is 1. The van der Waals surface area contributed by atoms with Crippen molar-refractivity contribution in [1.82, 2.24) is 0 Å². The first-order chi connectivity index (χ1) is 8.99. The molecule has 0 aliphatic carbocycles. The first-order valence-corrected chi connectivity index (χ1v) is 7.45. The van der Waals surface area contributed by atoms with Crippen LogP contribution in [0.25, 0.3) is 0 Å². The molecule has 0 saturated heterocycles. The molecule has 0 spiro atoms. The summed E-state index contributed by atoms with van der Waals surface area (Å²) >= 11 is 1.67. The lowest BCUT2D eigenvalue weighted by Gasteiger charge is -2.23. The lowest BCUT2D eigenvalue weighted by molar-refractivity contribution is 0.179. The summed E-state index contributed by atoms with van der Waals surface area (Å²) in [5.74, 6) is 0.936. The van der Waals surface area contributed by atoms with Gasteiger partial charge in [0, 0.05) is 11.6 Å². The maximum atomic E-state index is 6.19. The van der Waals surface area contributed by atoms with Crippen LogP contribution in [0.5, 0.6) is 5.75 Å². The van der Waals surface area contributed by atoms with Crippen LogP contribution in [0.15, 0.2) is 29.0 Å². The maximum Gasteiger partial charge on any atom is 0.139 e. The summed E-state index contributed by atoms with van der Waals surface area (Å²) in [6, 6.07) is 6.30. The van der Waals surface area contributed by atoms with E-state index < -0.39 is 0 Å². The van der Waals surface area contributed by atoms with Gasteiger partial charge in [-0.1, -0.05) is 6.07 Å². The Kier molecular flexibility index (Phi) is 4.27. The van der Waals surface area contributed by atoms with Crippen LogP contribution in [-0.4, -0.2) is 6.04 Å². The van der Waals surface area contributed by atoms with Crippen LogP contribution in [-0.2, 0) is 0 Å². The number of aryl methyl sites for hydroxylation is 2. The van der Waals surface area contributed by atoms with Crippen LogP contribution in [0.2, 0.25) is 0 Å². The van der Waals surface area contributed by atoms with Crippen molar-refractivity contribution in [3.05, 3.63) is 51.2 Å². The molecule has 2 nitrogen and oxygen atoms in total. The number of thiophene rings is 1. The molecule has 2 aromatic rings. The lowest BCUT2D eigenvalue weighted by atomic mass is 10.0. The van der Waals surface area contributed by atoms with Crippen molar-refractivity contribution >= 4 is 11.3 Å². The van der Waals surface area contributed by atoms with Crippen molar-refractivity contribution in [2.75, 3.05) is 0 Å². The molecule has 2 unspecified atom stereocenters. The van der Waals surface area contributed by atoms with Gasteiger partial charge in [-0.15, -0.1) is 0 Å². The number of hydrogen-bond donors (Lipinski definition) is 1. The van der Waals surface area contributed by atoms with Gasteiger partial charge in [-0.2, -0.15) is 11.3 Å². The summed E-state index contributed by atoms with van der Waals surface area (Å²) in [4.78, 5) is 0. The smallest absolute Gasteiger partial charge is 0.139 e. The summed E-state index contributed by atoms with van der Waals surface area (Å²) in [7, 11) is 0. The molecule has 1 aromatic heterocycles. The minimum absolute atomic E-state index is 0.0465. The van der Waals surface area contributed by atoms with E-state index in [4.69, 9.17) is 10.5 Å². The zero-order valence-corrected chi connectivity index (χ0v) is 12.8. The molecule has 0 aliphatic rings. The standard InChI is InChI=1S/C16H21NOS/c1-10-7-11(2)12(3)15(8-10)18-16(13(4)17)14-5-6-19-9-14/h5-9,13,16H,17H2,1-4H3. The SMILES string of the molecule is Cc1cc(C)c(C)c(OC(c2ccsc2)C(C)N)c1. The first-order valence-electron chi connectivity index (χ1n) is 6.51. The van der Waals surface area contributed by atoms with Gasteiger partial charge in [0.05, 0.1) is 0 Å². The van der Waals surface area contributed by atoms with E-state index in [0.29, 0.717) is 0 Å². The fraction of sp³-hybridized carbons (Fsp3) is 0.375. The molecule has 0 radical (unpaired) electrons. The van der Waals surface area contributed by atoms with Crippen LogP contribution in [0.1, 0.15) is 35.3 Å². The summed E-state index contributed by atoms with van der Waals surface area (Å²) in [6.45, 7) is 8.28. The van der Waals surface area contributed by atoms with Gasteiger partial charge in [0.1, 0.15) is 11.9 Å². The molecular formula is C16H21NOS. The van der Waals surface area contributed by atoms with Gasteiger partial charge in [0.25, 0.3) is 0 Å². The zero-order chi connectivity index (χ0) is 14.0. The predicted octanol–water partition coefficient (Wildman–Crippen LogP) is 4.14. The van der Waals surface area contributed by atoms with Gasteiger partial charge in [-0.05, 0) is 67.3 Å². The molecule has 0 amide bonds. The third-order valence-corrected chi connectivity index (χ3v) is 4.07. The monoisotopic (exact) mass is 275 g/mol. The summed E-state index contributed by atoms with van der Waals surface area (Å²) in [5, 5.41) is 4.16. The summed E-state index contributed by atoms with van der Waals surface area (Å²) < 4.78 is 6.19. The molecule has 2 atom stereocenters. The van der Waals surface area contributed by atoms with Crippen LogP contribution in [0, 0.1) is 20.8 Å². The second kappa shape index (κ2) is 5.76. The lowest BCUT2D eigenvalue weighted by Crippen LogP contribution is -2.29. The highest BCUT2D eigenvalue weighted by atomic mass is 32.1. The average Bonchev–Trinajstić information content (AvgIpc) is 2.84. The Morgan fingerprint density at radius 3 is 2.53 bits per heavy atom. The minimum Gasteiger partial charge on any atom is -0.484 e. The first kappa shape index (κ1) is 14.1. The molecular weight excluding hydrogens is 254 g/mol. The van der Waals surface area contributed by atoms with Gasteiger partial charge in [-0.25, -0.2) is 0 Å². The molecule has 102 valence electrons. The molecule has 2 N–H and O–H groups in total. The van der Waals surface area contributed by atoms with Crippen LogP contribution in [0.3, 0.4) is 0 Å². The van der Waals surface area contributed by atoms with E-state index in [9.17, 15) is 0 Å². The molecule has 1 heterocycles. The normalized spacial score (nSPS) is 14.2. The quantitative estimate of drug-likeness (QED) is 0.910. The molecule has 3 heteroatoms. The highest BCUT2D eigenvalue weighted by Gasteiger charge is 2.20. The third kappa shape index (κ3) is 3.17. The number of rotatable bonds is 4. The second-order valence-electron chi connectivity index (χ2n) is 5.16. The largest absolute Gasteiger partial charge is 0.484 e. The van der Waals surface area contributed by atoms with E-state index in [0.717, 1.165) is 11.3 Å². The Labute approximate surface area is 119 Å². The molecule has 19 heavy (non-hydrogen) atoms. The van der Waals surface area contributed by atoms with E-state index in [-0.39, 0.29) is 12.1 Å². The van der Waals surface area contributed by atoms with Gasteiger partial charge >= 0.3 is 0 Å². The van der Waals surface area contributed by atoms with Crippen LogP contribution in [0.4, 0.5) is 0 Å². The average molecular weight is 275 g/mol. The van der Waals surface area contributed by atoms with Gasteiger partial charge in [-0.3, -0.25) is 0 Å². The van der Waals surface area contributed by atoms with Gasteiger partial charge < -0.3 is 10.5 Å². The van der Waals surface area contributed by atoms with E-state index in [1.54, 1.807) is 11.3 Å². The fourth-order valence-electron chi connectivity index (χ4n) is 2.18. The Morgan fingerprint density at radius 2 is 1.95 bits per heavy atom. The van der Waals surface area contributed by atoms with Crippen molar-refractivity contribution in [3.8, 4) is 5.75 Å². The van der Waals surface area contributed by atoms with E-state index in [1.165, 1.54) is 16.7 Å². The predicted molar refractivity (Wildman–Crippen MR) is 82.0 cm³/mol. The van der Waals surface area contributed by atoms with E-state index in [1.807, 2.05) is 6.92 Å². The molecule has 0 fully saturated rings. The zero-order valence-electron chi connectivity index (χ0n) is 11.9. The molecule has 1 aromatic carbocycles. The summed E-state index contributed by atoms with van der Waals surface area (Å²) in [5.41, 5.74) is 10.9. The van der Waals surface area contributed by atoms with Crippen molar-refractivity contribution in [2.45, 2.75) is 39.8 Å². The summed E-state index contributed by atoms with van der Waals surface area (Å²) in [6.07, 6.45) is -0.0915. The van der Waals surface area contributed by atoms with E-state index >= 15 is 0 Å². The Hall–Kier alpha value is -1.32. The molecule has 0 bridgehead atoms. The second-order valence-corrected chi connectivity index (χ2v) is 5.94. The fourth-order valence-corrected chi connectivity index (χ4v) is 2.86. The highest BCUT2D eigenvalue weighted by molar-refractivity contribution is 7.07. The minimum atomic E-state index is -0.0915. The molecule has 0 aliphatic heterocycles. The Balaban J connectivity index is 2.33. The third-order valence-electron chi connectivity index (χ3n) is 3.37. The van der Waals surface area contributed by atoms with Crippen LogP contribution < -0.4 is 10.5 Å². The Bertz CT molecular complexity index is 546. The van der Waals surface area contributed by atoms with Crippen molar-refractivity contribution in [3.63, 3.8) is 0 Å². The topological polar surface area (TPSA) is 35.2 Å². The maximum absolute atomic E-state index is 6.19. The van der Waals surface area contributed by atoms with Crippen molar-refractivity contribution < 1.29 is 4.74 Å². The van der Waals surface area contributed by atoms with Gasteiger partial charge in [0.2, 0.25) is 0 Å².